The van der Waals surface area contributed by atoms with Crippen molar-refractivity contribution in [3.63, 3.8) is 0 Å². The molecule has 2 N–H and O–H groups in total. The van der Waals surface area contributed by atoms with Crippen molar-refractivity contribution in [3.05, 3.63) is 35.9 Å². The van der Waals surface area contributed by atoms with E-state index in [4.69, 9.17) is 15.6 Å². The highest BCUT2D eigenvalue weighted by atomic mass is 16.5. The molecule has 0 fully saturated rings. The van der Waals surface area contributed by atoms with Gasteiger partial charge in [-0.3, -0.25) is 9.59 Å². The lowest BCUT2D eigenvalue weighted by Gasteiger charge is -2.24. The van der Waals surface area contributed by atoms with Crippen molar-refractivity contribution < 1.29 is 34.8 Å². The Bertz CT molecular complexity index is 758. The molecule has 0 unspecified atom stereocenters. The summed E-state index contributed by atoms with van der Waals surface area (Å²) in [5.74, 6) is -2.41. The SMILES string of the molecule is [2H]N(C(=O)OCc1ccccc1)[C@H](C(=O)N[C@@H](CCC(=O)OCC)C(=O)OCC)C(C)C. The molecule has 0 aliphatic heterocycles. The smallest absolute Gasteiger partial charge is 0.408 e. The highest BCUT2D eigenvalue weighted by Crippen LogP contribution is 2.08. The Labute approximate surface area is 184 Å². The van der Waals surface area contributed by atoms with Crippen LogP contribution >= 0.6 is 0 Å². The zero-order valence-electron chi connectivity index (χ0n) is 19.5. The second-order valence-electron chi connectivity index (χ2n) is 7.02. The van der Waals surface area contributed by atoms with Gasteiger partial charge < -0.3 is 24.8 Å². The van der Waals surface area contributed by atoms with Gasteiger partial charge in [-0.25, -0.2) is 9.59 Å². The van der Waals surface area contributed by atoms with E-state index in [-0.39, 0.29) is 32.7 Å². The summed E-state index contributed by atoms with van der Waals surface area (Å²) >= 11 is 0. The van der Waals surface area contributed by atoms with Gasteiger partial charge in [0.2, 0.25) is 5.91 Å². The Kier molecular flexibility index (Phi) is 10.9. The molecule has 0 radical (unpaired) electrons. The lowest BCUT2D eigenvalue weighted by molar-refractivity contribution is -0.149. The minimum Gasteiger partial charge on any atom is -0.466 e. The second kappa shape index (κ2) is 14.0. The minimum atomic E-state index is -1.22. The maximum atomic E-state index is 12.9. The summed E-state index contributed by atoms with van der Waals surface area (Å²) in [5.41, 5.74) is 0.737. The minimum absolute atomic E-state index is 0.0370. The van der Waals surface area contributed by atoms with E-state index in [0.29, 0.717) is 5.31 Å². The number of carbonyl (C=O) groups excluding carboxylic acids is 4. The molecule has 0 saturated carbocycles. The monoisotopic (exact) mass is 437 g/mol. The van der Waals surface area contributed by atoms with Gasteiger partial charge in [0.1, 0.15) is 18.7 Å². The zero-order chi connectivity index (χ0) is 24.1. The van der Waals surface area contributed by atoms with Crippen LogP contribution in [0.1, 0.15) is 46.1 Å². The van der Waals surface area contributed by atoms with Gasteiger partial charge in [0, 0.05) is 6.42 Å². The van der Waals surface area contributed by atoms with Crippen LogP contribution in [-0.4, -0.2) is 49.2 Å². The Morgan fingerprint density at radius 1 is 1.00 bits per heavy atom. The summed E-state index contributed by atoms with van der Waals surface area (Å²) in [4.78, 5) is 49.2. The molecule has 1 aromatic rings. The molecule has 2 amide bonds. The molecule has 0 spiro atoms. The first-order valence-electron chi connectivity index (χ1n) is 10.8. The molecule has 0 bridgehead atoms. The van der Waals surface area contributed by atoms with Crippen LogP contribution in [0, 0.1) is 5.92 Å². The van der Waals surface area contributed by atoms with E-state index >= 15 is 0 Å². The Morgan fingerprint density at radius 2 is 1.65 bits per heavy atom. The Hall–Kier alpha value is -3.10. The molecule has 1 rings (SSSR count). The van der Waals surface area contributed by atoms with Gasteiger partial charge in [-0.15, -0.1) is 0 Å². The highest BCUT2D eigenvalue weighted by molar-refractivity contribution is 5.90. The van der Waals surface area contributed by atoms with Gasteiger partial charge in [-0.05, 0) is 31.7 Å². The maximum absolute atomic E-state index is 12.9. The van der Waals surface area contributed by atoms with E-state index in [9.17, 15) is 19.2 Å². The molecule has 0 saturated heterocycles. The van der Waals surface area contributed by atoms with Crippen LogP contribution in [0.5, 0.6) is 0 Å². The molecule has 0 heterocycles. The molecule has 172 valence electrons. The van der Waals surface area contributed by atoms with Crippen LogP contribution < -0.4 is 10.6 Å². The number of amides is 2. The third-order valence-electron chi connectivity index (χ3n) is 4.18. The first kappa shape index (κ1) is 24.2. The first-order chi connectivity index (χ1) is 15.2. The van der Waals surface area contributed by atoms with Crippen molar-refractivity contribution in [1.82, 2.24) is 10.6 Å². The van der Waals surface area contributed by atoms with Crippen molar-refractivity contribution in [2.24, 2.45) is 5.92 Å². The third kappa shape index (κ3) is 9.97. The molecule has 0 aliphatic rings. The maximum Gasteiger partial charge on any atom is 0.408 e. The lowest BCUT2D eigenvalue weighted by Crippen LogP contribution is -2.54. The number of carbonyl (C=O) groups is 4. The summed E-state index contributed by atoms with van der Waals surface area (Å²) < 4.78 is 23.1. The number of esters is 2. The van der Waals surface area contributed by atoms with Gasteiger partial charge in [-0.2, -0.15) is 0 Å². The number of nitrogens with one attached hydrogen (secondary N) is 2. The largest absolute Gasteiger partial charge is 0.466 e. The van der Waals surface area contributed by atoms with E-state index in [1.807, 2.05) is 6.07 Å². The summed E-state index contributed by atoms with van der Waals surface area (Å²) in [5, 5.41) is 2.95. The topological polar surface area (TPSA) is 120 Å². The predicted molar refractivity (Wildman–Crippen MR) is 113 cm³/mol. The van der Waals surface area contributed by atoms with Gasteiger partial charge in [0.05, 0.1) is 13.2 Å². The van der Waals surface area contributed by atoms with Crippen molar-refractivity contribution in [2.45, 2.75) is 59.2 Å². The Morgan fingerprint density at radius 3 is 2.23 bits per heavy atom. The summed E-state index contributed by atoms with van der Waals surface area (Å²) in [6.07, 6.45) is -1.14. The fraction of sp³-hybridized carbons (Fsp3) is 0.545. The first-order valence-corrected chi connectivity index (χ1v) is 10.3. The number of benzene rings is 1. The molecule has 1 aromatic carbocycles. The standard InChI is InChI=1S/C22H32N2O7/c1-5-29-18(25)13-12-17(21(27)30-6-2)23-20(26)19(15(3)4)24-22(28)31-14-16-10-8-7-9-11-16/h7-11,15,17,19H,5-6,12-14H2,1-4H3,(H,23,26)(H,24,28)/t17-,19-/m0/s1/i/hD. The molecule has 2 atom stereocenters. The third-order valence-corrected chi connectivity index (χ3v) is 4.18. The zero-order valence-corrected chi connectivity index (χ0v) is 18.5. The summed E-state index contributed by atoms with van der Waals surface area (Å²) in [6.45, 7) is 6.84. The van der Waals surface area contributed by atoms with E-state index < -0.39 is 41.9 Å². The van der Waals surface area contributed by atoms with Crippen LogP contribution in [-0.2, 0) is 35.2 Å². The normalized spacial score (nSPS) is 12.9. The summed E-state index contributed by atoms with van der Waals surface area (Å²) in [7, 11) is 0. The molecule has 31 heavy (non-hydrogen) atoms. The molecule has 9 nitrogen and oxygen atoms in total. The number of hydrogen-bond acceptors (Lipinski definition) is 7. The molecular weight excluding hydrogens is 404 g/mol. The van der Waals surface area contributed by atoms with E-state index in [1.165, 1.54) is 0 Å². The molecular formula is C22H32N2O7. The quantitative estimate of drug-likeness (QED) is 0.380. The second-order valence-corrected chi connectivity index (χ2v) is 7.02. The number of ether oxygens (including phenoxy) is 3. The number of alkyl carbamates (subject to hydrolysis) is 1. The average Bonchev–Trinajstić information content (AvgIpc) is 2.75. The van der Waals surface area contributed by atoms with Crippen molar-refractivity contribution >= 4 is 23.9 Å². The number of hydrogen-bond donors (Lipinski definition) is 2. The van der Waals surface area contributed by atoms with E-state index in [1.54, 1.807) is 52.0 Å². The van der Waals surface area contributed by atoms with Crippen LogP contribution in [0.25, 0.3) is 0 Å². The summed E-state index contributed by atoms with van der Waals surface area (Å²) in [6, 6.07) is 6.59. The van der Waals surface area contributed by atoms with Crippen molar-refractivity contribution in [1.29, 1.82) is 0 Å². The van der Waals surface area contributed by atoms with Gasteiger partial charge in [0.25, 0.3) is 0 Å². The van der Waals surface area contributed by atoms with Gasteiger partial charge >= 0.3 is 18.0 Å². The van der Waals surface area contributed by atoms with Gasteiger partial charge in [0.15, 0.2) is 1.41 Å². The average molecular weight is 438 g/mol. The van der Waals surface area contributed by atoms with Crippen molar-refractivity contribution in [3.8, 4) is 0 Å². The Balaban J connectivity index is 2.83. The fourth-order valence-electron chi connectivity index (χ4n) is 2.62. The van der Waals surface area contributed by atoms with Crippen LogP contribution in [0.3, 0.4) is 0 Å². The van der Waals surface area contributed by atoms with Crippen molar-refractivity contribution in [2.75, 3.05) is 13.2 Å². The molecule has 0 aliphatic carbocycles. The molecule has 9 heteroatoms. The van der Waals surface area contributed by atoms with Crippen LogP contribution in [0.2, 0.25) is 1.41 Å². The number of rotatable bonds is 12. The lowest BCUT2D eigenvalue weighted by atomic mass is 10.0. The fourth-order valence-corrected chi connectivity index (χ4v) is 2.62. The molecule has 0 aromatic heterocycles. The van der Waals surface area contributed by atoms with Crippen LogP contribution in [0.4, 0.5) is 4.79 Å². The highest BCUT2D eigenvalue weighted by Gasteiger charge is 2.30. The van der Waals surface area contributed by atoms with Gasteiger partial charge in [-0.1, -0.05) is 44.2 Å². The predicted octanol–water partition coefficient (Wildman–Crippen LogP) is 2.33. The van der Waals surface area contributed by atoms with Crippen LogP contribution in [0.15, 0.2) is 30.3 Å². The van der Waals surface area contributed by atoms with E-state index in [0.717, 1.165) is 5.56 Å². The van der Waals surface area contributed by atoms with E-state index in [2.05, 4.69) is 5.32 Å².